The van der Waals surface area contributed by atoms with Gasteiger partial charge in [0, 0.05) is 28.7 Å². The number of Topliss-reactive ketones (excluding diaryl/α,β-unsaturated/α-hetero) is 1. The van der Waals surface area contributed by atoms with Crippen molar-refractivity contribution in [2.75, 3.05) is 26.2 Å². The minimum atomic E-state index is -0.981. The normalized spacial score (nSPS) is 18.4. The van der Waals surface area contributed by atoms with Crippen LogP contribution in [0.3, 0.4) is 0 Å². The Morgan fingerprint density at radius 1 is 1.10 bits per heavy atom. The van der Waals surface area contributed by atoms with Gasteiger partial charge >= 0.3 is 0 Å². The fourth-order valence-electron chi connectivity index (χ4n) is 3.68. The van der Waals surface area contributed by atoms with E-state index in [-0.39, 0.29) is 23.4 Å². The summed E-state index contributed by atoms with van der Waals surface area (Å²) in [5.41, 5.74) is 0.489. The van der Waals surface area contributed by atoms with Crippen molar-refractivity contribution in [3.63, 3.8) is 0 Å². The zero-order valence-electron chi connectivity index (χ0n) is 16.9. The molecule has 3 rings (SSSR count). The van der Waals surface area contributed by atoms with Crippen molar-refractivity contribution in [1.82, 2.24) is 9.80 Å². The third-order valence-corrected chi connectivity index (χ3v) is 5.94. The van der Waals surface area contributed by atoms with Crippen molar-refractivity contribution in [1.29, 1.82) is 0 Å². The van der Waals surface area contributed by atoms with Crippen molar-refractivity contribution in [2.45, 2.75) is 19.9 Å². The lowest BCUT2D eigenvalue weighted by Gasteiger charge is -2.28. The molecule has 5 nitrogen and oxygen atoms in total. The van der Waals surface area contributed by atoms with Gasteiger partial charge in [-0.05, 0) is 31.3 Å². The van der Waals surface area contributed by atoms with E-state index in [1.165, 1.54) is 11.0 Å². The molecule has 158 valence electrons. The maximum atomic E-state index is 14.7. The van der Waals surface area contributed by atoms with E-state index < -0.39 is 23.5 Å². The Labute approximate surface area is 183 Å². The van der Waals surface area contributed by atoms with E-state index in [2.05, 4.69) is 20.8 Å². The Hall–Kier alpha value is -2.51. The lowest BCUT2D eigenvalue weighted by atomic mass is 9.95. The van der Waals surface area contributed by atoms with Crippen LogP contribution < -0.4 is 0 Å². The molecule has 0 aromatic heterocycles. The number of halogens is 2. The predicted octanol–water partition coefficient (Wildman–Crippen LogP) is 4.35. The first kappa shape index (κ1) is 22.2. The number of likely N-dealkylation sites (N-methyl/N-ethyl adjacent to an activating group) is 1. The van der Waals surface area contributed by atoms with Gasteiger partial charge < -0.3 is 14.9 Å². The molecular formula is C23H24BrFN2O3. The predicted molar refractivity (Wildman–Crippen MR) is 117 cm³/mol. The minimum absolute atomic E-state index is 0.0908. The topological polar surface area (TPSA) is 60.9 Å². The number of amides is 1. The first-order chi connectivity index (χ1) is 14.4. The van der Waals surface area contributed by atoms with Crippen LogP contribution in [0.25, 0.3) is 5.76 Å². The number of carbonyl (C=O) groups is 2. The molecule has 1 atom stereocenters. The summed E-state index contributed by atoms with van der Waals surface area (Å²) in [5, 5.41) is 10.9. The van der Waals surface area contributed by atoms with E-state index >= 15 is 0 Å². The average Bonchev–Trinajstić information content (AvgIpc) is 2.99. The Bertz CT molecular complexity index is 971. The van der Waals surface area contributed by atoms with Crippen molar-refractivity contribution >= 4 is 33.4 Å². The van der Waals surface area contributed by atoms with Crippen LogP contribution in [-0.2, 0) is 9.59 Å². The number of hydrogen-bond donors (Lipinski definition) is 1. The number of nitrogens with zero attached hydrogens (tertiary/aromatic N) is 2. The Kier molecular flexibility index (Phi) is 7.05. The molecule has 0 unspecified atom stereocenters. The highest BCUT2D eigenvalue weighted by Gasteiger charge is 2.46. The molecule has 2 aromatic rings. The van der Waals surface area contributed by atoms with E-state index in [4.69, 9.17) is 0 Å². The smallest absolute Gasteiger partial charge is 0.295 e. The largest absolute Gasteiger partial charge is 0.507 e. The van der Waals surface area contributed by atoms with Crippen molar-refractivity contribution in [3.05, 3.63) is 75.5 Å². The third-order valence-electron chi connectivity index (χ3n) is 5.41. The summed E-state index contributed by atoms with van der Waals surface area (Å²) < 4.78 is 15.5. The lowest BCUT2D eigenvalue weighted by molar-refractivity contribution is -0.140. The van der Waals surface area contributed by atoms with Crippen molar-refractivity contribution in [2.24, 2.45) is 0 Å². The first-order valence-electron chi connectivity index (χ1n) is 9.90. The van der Waals surface area contributed by atoms with Gasteiger partial charge in [-0.1, -0.05) is 60.1 Å². The number of likely N-dealkylation sites (tertiary alicyclic amines) is 1. The Balaban J connectivity index is 2.11. The van der Waals surface area contributed by atoms with E-state index in [9.17, 15) is 19.1 Å². The molecule has 1 fully saturated rings. The molecular weight excluding hydrogens is 451 g/mol. The van der Waals surface area contributed by atoms with Crippen molar-refractivity contribution in [3.8, 4) is 0 Å². The van der Waals surface area contributed by atoms with Gasteiger partial charge in [0.1, 0.15) is 11.6 Å². The van der Waals surface area contributed by atoms with Crippen molar-refractivity contribution < 1.29 is 19.1 Å². The van der Waals surface area contributed by atoms with Gasteiger partial charge in [0.25, 0.3) is 11.7 Å². The van der Waals surface area contributed by atoms with Crippen LogP contribution >= 0.6 is 15.9 Å². The standard InChI is InChI=1S/C23H24BrFN2O3/c1-3-26(4-2)13-14-27-20(17-7-5-6-8-18(17)25)19(22(29)23(27)30)21(28)15-9-11-16(24)12-10-15/h5-12,20,28H,3-4,13-14H2,1-2H3/t20-/m1/s1. The van der Waals surface area contributed by atoms with Gasteiger partial charge in [0.15, 0.2) is 0 Å². The maximum Gasteiger partial charge on any atom is 0.295 e. The molecule has 0 saturated carbocycles. The van der Waals surface area contributed by atoms with Gasteiger partial charge in [-0.2, -0.15) is 0 Å². The molecule has 0 aliphatic carbocycles. The van der Waals surface area contributed by atoms with E-state index in [1.54, 1.807) is 42.5 Å². The number of carbonyl (C=O) groups excluding carboxylic acids is 2. The van der Waals surface area contributed by atoms with Gasteiger partial charge in [-0.3, -0.25) is 9.59 Å². The zero-order valence-corrected chi connectivity index (χ0v) is 18.5. The fraction of sp³-hybridized carbons (Fsp3) is 0.304. The van der Waals surface area contributed by atoms with Crippen LogP contribution in [0.4, 0.5) is 4.39 Å². The Morgan fingerprint density at radius 2 is 1.73 bits per heavy atom. The highest BCUT2D eigenvalue weighted by molar-refractivity contribution is 9.10. The van der Waals surface area contributed by atoms with Gasteiger partial charge in [0.2, 0.25) is 0 Å². The first-order valence-corrected chi connectivity index (χ1v) is 10.7. The molecule has 1 aliphatic heterocycles. The molecule has 1 heterocycles. The molecule has 1 N–H and O–H groups in total. The SMILES string of the molecule is CCN(CC)CCN1C(=O)C(=O)C(=C(O)c2ccc(Br)cc2)[C@H]1c1ccccc1F. The molecule has 0 spiro atoms. The van der Waals surface area contributed by atoms with Crippen LogP contribution in [-0.4, -0.2) is 52.8 Å². The van der Waals surface area contributed by atoms with E-state index in [0.717, 1.165) is 17.6 Å². The second-order valence-electron chi connectivity index (χ2n) is 7.05. The van der Waals surface area contributed by atoms with Crippen LogP contribution in [0.2, 0.25) is 0 Å². The number of ketones is 1. The van der Waals surface area contributed by atoms with Crippen LogP contribution in [0, 0.1) is 5.82 Å². The molecule has 1 aliphatic rings. The Morgan fingerprint density at radius 3 is 2.33 bits per heavy atom. The van der Waals surface area contributed by atoms with Gasteiger partial charge in [-0.15, -0.1) is 0 Å². The fourth-order valence-corrected chi connectivity index (χ4v) is 3.95. The molecule has 1 saturated heterocycles. The summed E-state index contributed by atoms with van der Waals surface area (Å²) in [4.78, 5) is 29.3. The van der Waals surface area contributed by atoms with Crippen LogP contribution in [0.5, 0.6) is 0 Å². The van der Waals surface area contributed by atoms with Gasteiger partial charge in [0.05, 0.1) is 11.6 Å². The monoisotopic (exact) mass is 474 g/mol. The van der Waals surface area contributed by atoms with Crippen LogP contribution in [0.15, 0.2) is 58.6 Å². The third kappa shape index (κ3) is 4.32. The lowest BCUT2D eigenvalue weighted by Crippen LogP contribution is -2.38. The maximum absolute atomic E-state index is 14.7. The van der Waals surface area contributed by atoms with E-state index in [0.29, 0.717) is 12.1 Å². The quantitative estimate of drug-likeness (QED) is 0.368. The number of rotatable bonds is 7. The highest BCUT2D eigenvalue weighted by atomic mass is 79.9. The summed E-state index contributed by atoms with van der Waals surface area (Å²) in [5.74, 6) is -2.37. The molecule has 30 heavy (non-hydrogen) atoms. The van der Waals surface area contributed by atoms with E-state index in [1.807, 2.05) is 13.8 Å². The number of benzene rings is 2. The summed E-state index contributed by atoms with van der Waals surface area (Å²) in [6.07, 6.45) is 0. The second kappa shape index (κ2) is 9.53. The average molecular weight is 475 g/mol. The molecule has 0 bridgehead atoms. The van der Waals surface area contributed by atoms with Crippen LogP contribution in [0.1, 0.15) is 31.0 Å². The molecule has 0 radical (unpaired) electrons. The number of hydrogen-bond acceptors (Lipinski definition) is 4. The zero-order chi connectivity index (χ0) is 21.8. The summed E-state index contributed by atoms with van der Waals surface area (Å²) in [6, 6.07) is 11.8. The summed E-state index contributed by atoms with van der Waals surface area (Å²) in [7, 11) is 0. The molecule has 7 heteroatoms. The second-order valence-corrected chi connectivity index (χ2v) is 7.96. The number of aliphatic hydroxyl groups is 1. The molecule has 1 amide bonds. The highest BCUT2D eigenvalue weighted by Crippen LogP contribution is 2.40. The minimum Gasteiger partial charge on any atom is -0.507 e. The summed E-state index contributed by atoms with van der Waals surface area (Å²) in [6.45, 7) is 6.41. The van der Waals surface area contributed by atoms with Gasteiger partial charge in [-0.25, -0.2) is 4.39 Å². The summed E-state index contributed by atoms with van der Waals surface area (Å²) >= 11 is 3.33. The number of aliphatic hydroxyl groups excluding tert-OH is 1. The molecule has 2 aromatic carbocycles.